The molecule has 0 unspecified atom stereocenters. The molecule has 0 atom stereocenters. The molecule has 0 amide bonds. The fourth-order valence-corrected chi connectivity index (χ4v) is 2.16. The number of fused-ring (bicyclic) bond motifs is 2. The average molecular weight is 588 g/mol. The van der Waals surface area contributed by atoms with Gasteiger partial charge < -0.3 is 20.3 Å². The van der Waals surface area contributed by atoms with Gasteiger partial charge in [0.1, 0.15) is 22.5 Å². The molecule has 0 fully saturated rings. The van der Waals surface area contributed by atoms with E-state index in [0.29, 0.717) is 11.2 Å². The summed E-state index contributed by atoms with van der Waals surface area (Å²) >= 11 is -0.472. The van der Waals surface area contributed by atoms with E-state index in [9.17, 15) is 9.59 Å². The van der Waals surface area contributed by atoms with E-state index in [2.05, 4.69) is 0 Å². The van der Waals surface area contributed by atoms with E-state index in [1.54, 1.807) is 24.3 Å². The van der Waals surface area contributed by atoms with Crippen molar-refractivity contribution in [3.63, 3.8) is 0 Å². The zero-order valence-corrected chi connectivity index (χ0v) is 17.4. The Hall–Kier alpha value is -2.27. The zero-order valence-electron chi connectivity index (χ0n) is 13.6. The van der Waals surface area contributed by atoms with Gasteiger partial charge in [0.05, 0.1) is 0 Å². The van der Waals surface area contributed by atoms with Crippen molar-refractivity contribution in [2.45, 2.75) is 0 Å². The standard InChI is InChI=1S/2C9H7NO2.2ClH.Pt/c2*10-7-5-6-3-1-2-4-8(6)12-9(7)11;;;/h2*1-5H,10H2;2*1H;/q;;;;+2/p-2. The van der Waals surface area contributed by atoms with E-state index >= 15 is 0 Å². The van der Waals surface area contributed by atoms with E-state index in [-0.39, 0.29) is 11.4 Å². The van der Waals surface area contributed by atoms with Crippen molar-refractivity contribution < 1.29 is 25.3 Å². The fourth-order valence-electron chi connectivity index (χ4n) is 2.16. The van der Waals surface area contributed by atoms with E-state index in [1.807, 2.05) is 36.4 Å². The molecule has 2 aromatic carbocycles. The van der Waals surface area contributed by atoms with Crippen LogP contribution in [0.25, 0.3) is 21.9 Å². The summed E-state index contributed by atoms with van der Waals surface area (Å²) in [4.78, 5) is 21.9. The summed E-state index contributed by atoms with van der Waals surface area (Å²) in [5.41, 5.74) is 11.2. The summed E-state index contributed by atoms with van der Waals surface area (Å²) in [6.45, 7) is 0. The second kappa shape index (κ2) is 10.2. The number of anilines is 2. The van der Waals surface area contributed by atoms with Crippen LogP contribution in [0.5, 0.6) is 0 Å². The number of nitrogen functional groups attached to an aromatic ring is 2. The summed E-state index contributed by atoms with van der Waals surface area (Å²) in [5, 5.41) is 1.68. The molecule has 144 valence electrons. The maximum atomic E-state index is 10.9. The quantitative estimate of drug-likeness (QED) is 0.299. The minimum absolute atomic E-state index is 0.147. The van der Waals surface area contributed by atoms with Crippen molar-refractivity contribution in [1.82, 2.24) is 0 Å². The molecule has 6 nitrogen and oxygen atoms in total. The van der Waals surface area contributed by atoms with Crippen LogP contribution >= 0.6 is 18.8 Å². The van der Waals surface area contributed by atoms with Crippen LogP contribution in [-0.2, 0) is 16.5 Å². The average Bonchev–Trinajstić information content (AvgIpc) is 2.65. The number of nitrogens with two attached hydrogens (primary N) is 2. The maximum absolute atomic E-state index is 10.9. The summed E-state index contributed by atoms with van der Waals surface area (Å²) in [6, 6.07) is 17.7. The van der Waals surface area contributed by atoms with E-state index in [1.165, 1.54) is 0 Å². The summed E-state index contributed by atoms with van der Waals surface area (Å²) < 4.78 is 9.82. The van der Waals surface area contributed by atoms with Crippen molar-refractivity contribution in [2.75, 3.05) is 11.5 Å². The molecular formula is C18H14Cl2N2O4Pt. The van der Waals surface area contributed by atoms with Crippen LogP contribution in [0, 0.1) is 0 Å². The minimum atomic E-state index is -0.478. The number of hydrogen-bond donors (Lipinski definition) is 2. The number of para-hydroxylation sites is 2. The molecule has 2 aromatic heterocycles. The fraction of sp³-hybridized carbons (Fsp3) is 0. The van der Waals surface area contributed by atoms with Crippen LogP contribution in [0.3, 0.4) is 0 Å². The van der Waals surface area contributed by atoms with Crippen molar-refractivity contribution in [1.29, 1.82) is 0 Å². The molecule has 9 heteroatoms. The second-order valence-corrected chi connectivity index (χ2v) is 8.38. The Labute approximate surface area is 170 Å². The first-order chi connectivity index (χ1) is 13.0. The summed E-state index contributed by atoms with van der Waals surface area (Å²) in [7, 11) is 9.75. The topological polar surface area (TPSA) is 112 Å². The first kappa shape index (κ1) is 21.0. The number of hydrogen-bond acceptors (Lipinski definition) is 6. The number of rotatable bonds is 0. The molecule has 4 N–H and O–H groups in total. The molecule has 27 heavy (non-hydrogen) atoms. The van der Waals surface area contributed by atoms with Gasteiger partial charge in [-0.2, -0.15) is 0 Å². The Morgan fingerprint density at radius 2 is 1.04 bits per heavy atom. The predicted molar refractivity (Wildman–Crippen MR) is 105 cm³/mol. The normalized spacial score (nSPS) is 10.0. The van der Waals surface area contributed by atoms with Gasteiger partial charge in [-0.3, -0.25) is 0 Å². The third-order valence-corrected chi connectivity index (χ3v) is 3.34. The zero-order chi connectivity index (χ0) is 19.8. The van der Waals surface area contributed by atoms with E-state index in [0.717, 1.165) is 10.8 Å². The van der Waals surface area contributed by atoms with Crippen molar-refractivity contribution in [2.24, 2.45) is 0 Å². The van der Waals surface area contributed by atoms with Crippen LogP contribution in [0.2, 0.25) is 0 Å². The number of benzene rings is 2. The first-order valence-electron chi connectivity index (χ1n) is 7.35. The molecule has 0 saturated heterocycles. The Morgan fingerprint density at radius 3 is 1.41 bits per heavy atom. The van der Waals surface area contributed by atoms with Gasteiger partial charge in [0, 0.05) is 10.8 Å². The molecular weight excluding hydrogens is 574 g/mol. The van der Waals surface area contributed by atoms with Crippen LogP contribution in [-0.4, -0.2) is 0 Å². The molecule has 0 aliphatic heterocycles. The summed E-state index contributed by atoms with van der Waals surface area (Å²) in [5.74, 6) is 0. The Morgan fingerprint density at radius 1 is 0.704 bits per heavy atom. The van der Waals surface area contributed by atoms with Gasteiger partial charge in [0.2, 0.25) is 0 Å². The Kier molecular flexibility index (Phi) is 7.92. The second-order valence-electron chi connectivity index (χ2n) is 5.10. The first-order valence-corrected chi connectivity index (χ1v) is 13.0. The third kappa shape index (κ3) is 5.86. The SMILES string of the molecule is Nc1cc2ccccc2oc1=O.Nc1cc2ccccc2oc1=O.[Cl][Pt][Cl]. The molecule has 0 spiro atoms. The van der Waals surface area contributed by atoms with Gasteiger partial charge in [0.25, 0.3) is 0 Å². The molecule has 0 aliphatic carbocycles. The third-order valence-electron chi connectivity index (χ3n) is 3.34. The molecule has 0 radical (unpaired) electrons. The van der Waals surface area contributed by atoms with Gasteiger partial charge in [-0.1, -0.05) is 36.4 Å². The van der Waals surface area contributed by atoms with Crippen LogP contribution in [0.15, 0.2) is 79.1 Å². The molecule has 4 aromatic rings. The van der Waals surface area contributed by atoms with E-state index in [4.69, 9.17) is 39.1 Å². The van der Waals surface area contributed by atoms with E-state index < -0.39 is 27.7 Å². The van der Waals surface area contributed by atoms with Crippen LogP contribution in [0.1, 0.15) is 0 Å². The molecule has 2 heterocycles. The Bertz CT molecular complexity index is 1070. The van der Waals surface area contributed by atoms with Gasteiger partial charge >= 0.3 is 46.6 Å². The van der Waals surface area contributed by atoms with Crippen LogP contribution < -0.4 is 22.7 Å². The predicted octanol–water partition coefficient (Wildman–Crippen LogP) is 4.13. The van der Waals surface area contributed by atoms with Gasteiger partial charge in [-0.25, -0.2) is 9.59 Å². The van der Waals surface area contributed by atoms with Crippen molar-refractivity contribution in [3.8, 4) is 0 Å². The van der Waals surface area contributed by atoms with Crippen molar-refractivity contribution >= 4 is 52.1 Å². The van der Waals surface area contributed by atoms with Crippen molar-refractivity contribution in [3.05, 3.63) is 81.5 Å². The molecule has 0 aliphatic rings. The molecule has 0 bridgehead atoms. The van der Waals surface area contributed by atoms with Gasteiger partial charge in [0.15, 0.2) is 0 Å². The summed E-state index contributed by atoms with van der Waals surface area (Å²) in [6.07, 6.45) is 0. The van der Waals surface area contributed by atoms with Gasteiger partial charge in [-0.05, 0) is 24.3 Å². The Balaban J connectivity index is 0.000000170. The van der Waals surface area contributed by atoms with Crippen LogP contribution in [0.4, 0.5) is 11.4 Å². The number of halogens is 2. The molecule has 4 rings (SSSR count). The van der Waals surface area contributed by atoms with Gasteiger partial charge in [-0.15, -0.1) is 0 Å². The monoisotopic (exact) mass is 587 g/mol. The molecule has 0 saturated carbocycles.